The van der Waals surface area contributed by atoms with E-state index in [4.69, 9.17) is 16.6 Å². The van der Waals surface area contributed by atoms with Gasteiger partial charge in [-0.05, 0) is 42.5 Å². The molecule has 3 aliphatic rings. The van der Waals surface area contributed by atoms with Gasteiger partial charge in [-0.1, -0.05) is 35.9 Å². The van der Waals surface area contributed by atoms with Crippen LogP contribution in [0.15, 0.2) is 54.9 Å². The molecule has 144 valence electrons. The van der Waals surface area contributed by atoms with Crippen LogP contribution in [0.1, 0.15) is 24.1 Å². The maximum atomic E-state index is 6.37. The Kier molecular flexibility index (Phi) is 5.02. The topological polar surface area (TPSA) is 32.3 Å². The van der Waals surface area contributed by atoms with Gasteiger partial charge in [-0.15, -0.1) is 0 Å². The van der Waals surface area contributed by atoms with Gasteiger partial charge in [0.15, 0.2) is 0 Å². The minimum Gasteiger partial charge on any atom is -0.297 e. The Morgan fingerprint density at radius 1 is 0.964 bits per heavy atom. The van der Waals surface area contributed by atoms with E-state index in [0.29, 0.717) is 6.04 Å². The molecule has 4 nitrogen and oxygen atoms in total. The second-order valence-electron chi connectivity index (χ2n) is 8.20. The number of hydrogen-bond acceptors (Lipinski definition) is 4. The lowest BCUT2D eigenvalue weighted by Gasteiger charge is -2.36. The van der Waals surface area contributed by atoms with Crippen molar-refractivity contribution in [2.75, 3.05) is 19.6 Å². The second-order valence-corrected chi connectivity index (χ2v) is 8.60. The summed E-state index contributed by atoms with van der Waals surface area (Å²) in [7, 11) is 0. The molecule has 2 unspecified atom stereocenters. The Bertz CT molecular complexity index is 961. The van der Waals surface area contributed by atoms with Gasteiger partial charge in [0.2, 0.25) is 0 Å². The Labute approximate surface area is 171 Å². The fourth-order valence-corrected chi connectivity index (χ4v) is 5.02. The Balaban J connectivity index is 1.32. The number of nitrogens with zero attached hydrogens (tertiary/aromatic N) is 4. The number of pyridine rings is 2. The van der Waals surface area contributed by atoms with Gasteiger partial charge in [0.25, 0.3) is 0 Å². The van der Waals surface area contributed by atoms with Crippen LogP contribution < -0.4 is 0 Å². The van der Waals surface area contributed by atoms with Crippen molar-refractivity contribution in [2.24, 2.45) is 5.92 Å². The molecule has 3 fully saturated rings. The summed E-state index contributed by atoms with van der Waals surface area (Å²) in [6, 6.07) is 15.1. The summed E-state index contributed by atoms with van der Waals surface area (Å²) in [6.45, 7) is 5.37. The highest BCUT2D eigenvalue weighted by atomic mass is 35.5. The first kappa shape index (κ1) is 18.0. The van der Waals surface area contributed by atoms with Crippen LogP contribution in [0, 0.1) is 5.92 Å². The zero-order chi connectivity index (χ0) is 18.9. The highest BCUT2D eigenvalue weighted by Gasteiger charge is 2.34. The van der Waals surface area contributed by atoms with Gasteiger partial charge in [0.05, 0.1) is 16.2 Å². The van der Waals surface area contributed by atoms with Crippen LogP contribution >= 0.6 is 11.6 Å². The van der Waals surface area contributed by atoms with Gasteiger partial charge in [-0.3, -0.25) is 14.8 Å². The maximum absolute atomic E-state index is 6.37. The van der Waals surface area contributed by atoms with Crippen molar-refractivity contribution in [3.63, 3.8) is 0 Å². The first-order valence-corrected chi connectivity index (χ1v) is 10.5. The van der Waals surface area contributed by atoms with E-state index in [-0.39, 0.29) is 0 Å². The molecular formula is C23H25ClN4. The minimum atomic E-state index is 0.596. The molecule has 5 heterocycles. The average molecular weight is 393 g/mol. The third-order valence-electron chi connectivity index (χ3n) is 6.13. The third kappa shape index (κ3) is 3.77. The molecule has 2 bridgehead atoms. The number of benzene rings is 1. The lowest BCUT2D eigenvalue weighted by atomic mass is 9.95. The molecule has 5 heteroatoms. The predicted octanol–water partition coefficient (Wildman–Crippen LogP) is 4.38. The van der Waals surface area contributed by atoms with Crippen molar-refractivity contribution >= 4 is 22.5 Å². The molecule has 3 aromatic rings. The van der Waals surface area contributed by atoms with Crippen molar-refractivity contribution in [1.82, 2.24) is 19.8 Å². The molecule has 28 heavy (non-hydrogen) atoms. The Morgan fingerprint density at radius 3 is 2.82 bits per heavy atom. The van der Waals surface area contributed by atoms with E-state index in [0.717, 1.165) is 53.7 Å². The van der Waals surface area contributed by atoms with Crippen molar-refractivity contribution in [3.05, 3.63) is 71.1 Å². The molecule has 1 aromatic carbocycles. The van der Waals surface area contributed by atoms with Gasteiger partial charge in [0.1, 0.15) is 0 Å². The molecule has 6 rings (SSSR count). The summed E-state index contributed by atoms with van der Waals surface area (Å²) in [5, 5.41) is 1.84. The first-order chi connectivity index (χ1) is 13.7. The molecule has 2 atom stereocenters. The van der Waals surface area contributed by atoms with Crippen LogP contribution in [0.4, 0.5) is 0 Å². The van der Waals surface area contributed by atoms with Crippen LogP contribution in [0.3, 0.4) is 0 Å². The summed E-state index contributed by atoms with van der Waals surface area (Å²) < 4.78 is 0. The summed E-state index contributed by atoms with van der Waals surface area (Å²) >= 11 is 6.37. The van der Waals surface area contributed by atoms with Gasteiger partial charge in [0, 0.05) is 56.5 Å². The number of para-hydroxylation sites is 1. The van der Waals surface area contributed by atoms with E-state index in [1.165, 1.54) is 24.9 Å². The number of aromatic nitrogens is 2. The van der Waals surface area contributed by atoms with E-state index in [1.54, 1.807) is 0 Å². The second kappa shape index (κ2) is 7.78. The van der Waals surface area contributed by atoms with E-state index in [9.17, 15) is 0 Å². The van der Waals surface area contributed by atoms with Crippen LogP contribution in [-0.4, -0.2) is 45.4 Å². The fraction of sp³-hybridized carbons (Fsp3) is 0.391. The Morgan fingerprint density at radius 2 is 1.93 bits per heavy atom. The van der Waals surface area contributed by atoms with E-state index in [2.05, 4.69) is 39.0 Å². The summed E-state index contributed by atoms with van der Waals surface area (Å²) in [5.74, 6) is 0.736. The zero-order valence-electron chi connectivity index (χ0n) is 16.0. The molecule has 2 aromatic heterocycles. The molecule has 3 saturated heterocycles. The van der Waals surface area contributed by atoms with Gasteiger partial charge in [-0.25, -0.2) is 4.98 Å². The quantitative estimate of drug-likeness (QED) is 0.659. The molecule has 0 saturated carbocycles. The van der Waals surface area contributed by atoms with Crippen LogP contribution in [0.2, 0.25) is 5.02 Å². The summed E-state index contributed by atoms with van der Waals surface area (Å²) in [6.07, 6.45) is 6.46. The molecule has 0 amide bonds. The summed E-state index contributed by atoms with van der Waals surface area (Å²) in [5.41, 5.74) is 3.34. The van der Waals surface area contributed by atoms with Gasteiger partial charge >= 0.3 is 0 Å². The van der Waals surface area contributed by atoms with Crippen LogP contribution in [0.25, 0.3) is 10.9 Å². The lowest BCUT2D eigenvalue weighted by molar-refractivity contribution is 0.121. The van der Waals surface area contributed by atoms with Crippen LogP contribution in [0.5, 0.6) is 0 Å². The van der Waals surface area contributed by atoms with E-state index in [1.807, 2.05) is 30.6 Å². The number of hydrogen-bond donors (Lipinski definition) is 0. The highest BCUT2D eigenvalue weighted by Crippen LogP contribution is 2.30. The minimum absolute atomic E-state index is 0.596. The maximum Gasteiger partial charge on any atom is 0.0891 e. The molecule has 0 N–H and O–H groups in total. The van der Waals surface area contributed by atoms with Crippen molar-refractivity contribution < 1.29 is 0 Å². The number of fused-ring (bicyclic) bond motifs is 5. The summed E-state index contributed by atoms with van der Waals surface area (Å²) in [4.78, 5) is 14.4. The molecule has 0 aliphatic carbocycles. The molecule has 0 spiro atoms. The largest absolute Gasteiger partial charge is 0.297 e. The molecule has 3 aliphatic heterocycles. The van der Waals surface area contributed by atoms with Gasteiger partial charge in [-0.2, -0.15) is 0 Å². The average Bonchev–Trinajstić information content (AvgIpc) is 3.00. The van der Waals surface area contributed by atoms with E-state index >= 15 is 0 Å². The zero-order valence-corrected chi connectivity index (χ0v) is 16.7. The highest BCUT2D eigenvalue weighted by molar-refractivity contribution is 6.35. The molecule has 0 radical (unpaired) electrons. The monoisotopic (exact) mass is 392 g/mol. The van der Waals surface area contributed by atoms with Crippen molar-refractivity contribution in [2.45, 2.75) is 32.0 Å². The number of halogens is 1. The first-order valence-electron chi connectivity index (χ1n) is 10.1. The standard InChI is InChI=1S/C23H25ClN4/c24-22-5-1-4-19-7-8-20(26-23(19)22)15-28-14-18-6-9-21(28)16-27(13-18)12-17-3-2-10-25-11-17/h1-5,7-8,10-11,18,21H,6,9,12-16H2. The Hall–Kier alpha value is -2.01. The number of rotatable bonds is 4. The van der Waals surface area contributed by atoms with Crippen LogP contribution in [-0.2, 0) is 13.1 Å². The van der Waals surface area contributed by atoms with E-state index < -0.39 is 0 Å². The normalized spacial score (nSPS) is 23.2. The van der Waals surface area contributed by atoms with Crippen molar-refractivity contribution in [1.29, 1.82) is 0 Å². The third-order valence-corrected chi connectivity index (χ3v) is 6.43. The lowest BCUT2D eigenvalue weighted by Crippen LogP contribution is -2.43. The number of piperidine rings is 1. The van der Waals surface area contributed by atoms with Crippen molar-refractivity contribution in [3.8, 4) is 0 Å². The molecular weight excluding hydrogens is 368 g/mol. The predicted molar refractivity (Wildman–Crippen MR) is 113 cm³/mol. The van der Waals surface area contributed by atoms with Gasteiger partial charge < -0.3 is 0 Å². The SMILES string of the molecule is Clc1cccc2ccc(CN3CC4CCC3CN(Cc3cccnc3)C4)nc12. The fourth-order valence-electron chi connectivity index (χ4n) is 4.80. The smallest absolute Gasteiger partial charge is 0.0891 e.